The number of H-pyrrole nitrogens is 1. The second kappa shape index (κ2) is 3.61. The van der Waals surface area contributed by atoms with Crippen molar-refractivity contribution in [1.29, 1.82) is 0 Å². The minimum absolute atomic E-state index is 0.938. The van der Waals surface area contributed by atoms with E-state index in [2.05, 4.69) is 57.0 Å². The number of nitrogens with one attached hydrogen (secondary N) is 1. The van der Waals surface area contributed by atoms with Gasteiger partial charge in [-0.25, -0.2) is 9.97 Å². The molecule has 0 aliphatic heterocycles. The van der Waals surface area contributed by atoms with Crippen molar-refractivity contribution in [1.82, 2.24) is 19.5 Å². The third-order valence-electron chi connectivity index (χ3n) is 4.26. The highest BCUT2D eigenvalue weighted by atomic mass is 14.9. The number of imidazole rings is 1. The van der Waals surface area contributed by atoms with Crippen LogP contribution in [0.1, 0.15) is 0 Å². The maximum absolute atomic E-state index is 4.47. The number of aromatic amines is 1. The number of nitrogens with zero attached hydrogens (tertiary/aromatic N) is 3. The standard InChI is InChI=1S/C17H12N4/c1-21-6-4-10-7-13-12(8-14(10)21)11-3-2-5-18-15(11)17-16(13)19-9-20-17/h2-9,18H,1H3. The summed E-state index contributed by atoms with van der Waals surface area (Å²) in [5.41, 5.74) is 4.18. The van der Waals surface area contributed by atoms with Crippen LogP contribution in [-0.4, -0.2) is 19.5 Å². The van der Waals surface area contributed by atoms with Gasteiger partial charge in [0.05, 0.1) is 5.52 Å². The topological polar surface area (TPSA) is 46.5 Å². The largest absolute Gasteiger partial charge is 0.359 e. The smallest absolute Gasteiger partial charge is 0.117 e. The van der Waals surface area contributed by atoms with Gasteiger partial charge in [-0.3, -0.25) is 0 Å². The highest BCUT2D eigenvalue weighted by Crippen LogP contribution is 2.34. The lowest BCUT2D eigenvalue weighted by atomic mass is 10.0. The fourth-order valence-corrected chi connectivity index (χ4v) is 3.24. The summed E-state index contributed by atoms with van der Waals surface area (Å²) in [4.78, 5) is 12.2. The minimum atomic E-state index is 0.938. The molecule has 100 valence electrons. The normalized spacial score (nSPS) is 12.0. The summed E-state index contributed by atoms with van der Waals surface area (Å²) in [7, 11) is 2.07. The third-order valence-corrected chi connectivity index (χ3v) is 4.26. The zero-order chi connectivity index (χ0) is 14.0. The maximum Gasteiger partial charge on any atom is 0.117 e. The summed E-state index contributed by atoms with van der Waals surface area (Å²) >= 11 is 0. The van der Waals surface area contributed by atoms with Gasteiger partial charge < -0.3 is 9.55 Å². The lowest BCUT2D eigenvalue weighted by Gasteiger charge is -2.07. The molecule has 1 N–H and O–H groups in total. The molecule has 3 aromatic heterocycles. The highest BCUT2D eigenvalue weighted by Gasteiger charge is 2.12. The van der Waals surface area contributed by atoms with Gasteiger partial charge in [-0.15, -0.1) is 0 Å². The number of hydrogen-bond donors (Lipinski definition) is 1. The molecule has 0 saturated carbocycles. The van der Waals surface area contributed by atoms with E-state index in [1.807, 2.05) is 12.3 Å². The number of benzene rings is 2. The van der Waals surface area contributed by atoms with Crippen LogP contribution >= 0.6 is 0 Å². The van der Waals surface area contributed by atoms with Crippen molar-refractivity contribution in [3.63, 3.8) is 0 Å². The maximum atomic E-state index is 4.47. The number of fused-ring (bicyclic) bond motifs is 7. The van der Waals surface area contributed by atoms with Crippen LogP contribution in [0.15, 0.2) is 49.1 Å². The summed E-state index contributed by atoms with van der Waals surface area (Å²) in [5, 5.41) is 4.79. The number of aryl methyl sites for hydroxylation is 1. The van der Waals surface area contributed by atoms with E-state index in [1.54, 1.807) is 6.33 Å². The van der Waals surface area contributed by atoms with Crippen molar-refractivity contribution in [3.8, 4) is 0 Å². The first-order valence-electron chi connectivity index (χ1n) is 6.91. The zero-order valence-electron chi connectivity index (χ0n) is 11.5. The van der Waals surface area contributed by atoms with E-state index in [-0.39, 0.29) is 0 Å². The zero-order valence-corrected chi connectivity index (χ0v) is 11.5. The first-order chi connectivity index (χ1) is 10.3. The van der Waals surface area contributed by atoms with Gasteiger partial charge in [0.1, 0.15) is 17.4 Å². The predicted octanol–water partition coefficient (Wildman–Crippen LogP) is 3.76. The van der Waals surface area contributed by atoms with Crippen LogP contribution in [0, 0.1) is 0 Å². The molecule has 0 fully saturated rings. The van der Waals surface area contributed by atoms with Crippen molar-refractivity contribution in [2.75, 3.05) is 0 Å². The van der Waals surface area contributed by atoms with Gasteiger partial charge in [-0.1, -0.05) is 6.07 Å². The van der Waals surface area contributed by atoms with Crippen LogP contribution in [0.2, 0.25) is 0 Å². The summed E-state index contributed by atoms with van der Waals surface area (Å²) in [6.07, 6.45) is 5.66. The molecule has 5 aromatic rings. The van der Waals surface area contributed by atoms with Crippen LogP contribution in [-0.2, 0) is 7.05 Å². The first kappa shape index (κ1) is 10.9. The molecule has 4 nitrogen and oxygen atoms in total. The Balaban J connectivity index is 2.19. The van der Waals surface area contributed by atoms with E-state index in [4.69, 9.17) is 0 Å². The van der Waals surface area contributed by atoms with Gasteiger partial charge in [-0.2, -0.15) is 0 Å². The van der Waals surface area contributed by atoms with Crippen molar-refractivity contribution < 1.29 is 0 Å². The molecule has 0 spiro atoms. The molecule has 3 heterocycles. The van der Waals surface area contributed by atoms with E-state index in [9.17, 15) is 0 Å². The van der Waals surface area contributed by atoms with Gasteiger partial charge in [0.2, 0.25) is 0 Å². The Morgan fingerprint density at radius 2 is 1.90 bits per heavy atom. The number of rotatable bonds is 0. The molecule has 0 radical (unpaired) electrons. The molecule has 0 unspecified atom stereocenters. The molecular formula is C17H12N4. The van der Waals surface area contributed by atoms with Crippen molar-refractivity contribution in [2.45, 2.75) is 0 Å². The van der Waals surface area contributed by atoms with Gasteiger partial charge in [0.25, 0.3) is 0 Å². The lowest BCUT2D eigenvalue weighted by Crippen LogP contribution is -1.87. The van der Waals surface area contributed by atoms with Crippen LogP contribution in [0.3, 0.4) is 0 Å². The quantitative estimate of drug-likeness (QED) is 0.436. The Morgan fingerprint density at radius 3 is 2.86 bits per heavy atom. The molecule has 0 aliphatic rings. The molecule has 4 heteroatoms. The third kappa shape index (κ3) is 1.29. The second-order valence-electron chi connectivity index (χ2n) is 5.41. The minimum Gasteiger partial charge on any atom is -0.359 e. The lowest BCUT2D eigenvalue weighted by molar-refractivity contribution is 0.970. The molecule has 0 bridgehead atoms. The predicted molar refractivity (Wildman–Crippen MR) is 85.4 cm³/mol. The SMILES string of the molecule is Cn1ccc2cc3c(cc21)c1ccc[nH]c1c1ncnc31. The van der Waals surface area contributed by atoms with Gasteiger partial charge in [0.15, 0.2) is 0 Å². The highest BCUT2D eigenvalue weighted by molar-refractivity contribution is 6.24. The van der Waals surface area contributed by atoms with Crippen molar-refractivity contribution >= 4 is 43.6 Å². The Bertz CT molecular complexity index is 1150. The van der Waals surface area contributed by atoms with Crippen LogP contribution in [0.4, 0.5) is 0 Å². The number of hydrogen-bond acceptors (Lipinski definition) is 2. The van der Waals surface area contributed by atoms with E-state index in [1.165, 1.54) is 21.7 Å². The Labute approximate surface area is 120 Å². The van der Waals surface area contributed by atoms with Crippen molar-refractivity contribution in [2.24, 2.45) is 7.05 Å². The Morgan fingerprint density at radius 1 is 1.00 bits per heavy atom. The summed E-state index contributed by atoms with van der Waals surface area (Å²) in [5.74, 6) is 0. The van der Waals surface area contributed by atoms with Crippen LogP contribution in [0.5, 0.6) is 0 Å². The summed E-state index contributed by atoms with van der Waals surface area (Å²) in [6, 6.07) is 10.8. The molecule has 0 amide bonds. The monoisotopic (exact) mass is 272 g/mol. The number of aromatic nitrogens is 4. The van der Waals surface area contributed by atoms with Crippen LogP contribution in [0.25, 0.3) is 43.6 Å². The van der Waals surface area contributed by atoms with E-state index in [0.717, 1.165) is 21.9 Å². The molecule has 0 saturated heterocycles. The average Bonchev–Trinajstić information content (AvgIpc) is 3.14. The first-order valence-corrected chi connectivity index (χ1v) is 6.91. The van der Waals surface area contributed by atoms with Gasteiger partial charge in [-0.05, 0) is 29.7 Å². The van der Waals surface area contributed by atoms with E-state index in [0.29, 0.717) is 0 Å². The Kier molecular flexibility index (Phi) is 1.86. The van der Waals surface area contributed by atoms with E-state index >= 15 is 0 Å². The van der Waals surface area contributed by atoms with E-state index < -0.39 is 0 Å². The van der Waals surface area contributed by atoms with Gasteiger partial charge in [0, 0.05) is 41.1 Å². The Hall–Kier alpha value is -2.88. The summed E-state index contributed by atoms with van der Waals surface area (Å²) in [6.45, 7) is 0. The van der Waals surface area contributed by atoms with Gasteiger partial charge >= 0.3 is 0 Å². The average molecular weight is 272 g/mol. The fraction of sp³-hybridized carbons (Fsp3) is 0.0588. The molecule has 0 aliphatic carbocycles. The second-order valence-corrected chi connectivity index (χ2v) is 5.41. The number of pyridine rings is 1. The molecule has 5 rings (SSSR count). The molecule has 0 atom stereocenters. The van der Waals surface area contributed by atoms with Crippen LogP contribution < -0.4 is 0 Å². The molecular weight excluding hydrogens is 260 g/mol. The molecule has 21 heavy (non-hydrogen) atoms. The van der Waals surface area contributed by atoms with Crippen molar-refractivity contribution in [3.05, 3.63) is 49.1 Å². The molecule has 2 aromatic carbocycles. The summed E-state index contributed by atoms with van der Waals surface area (Å²) < 4.78 is 2.15. The fourth-order valence-electron chi connectivity index (χ4n) is 3.24.